The van der Waals surface area contributed by atoms with Gasteiger partial charge in [0.1, 0.15) is 0 Å². The van der Waals surface area contributed by atoms with E-state index in [4.69, 9.17) is 16.0 Å². The summed E-state index contributed by atoms with van der Waals surface area (Å²) in [4.78, 5) is 4.89. The summed E-state index contributed by atoms with van der Waals surface area (Å²) in [6, 6.07) is 0. The summed E-state index contributed by atoms with van der Waals surface area (Å²) in [6.07, 6.45) is 0.945. The third kappa shape index (κ3) is 4.96. The summed E-state index contributed by atoms with van der Waals surface area (Å²) < 4.78 is 0. The highest BCUT2D eigenvalue weighted by Gasteiger charge is 2.13. The Morgan fingerprint density at radius 3 is 2.25 bits per heavy atom. The van der Waals surface area contributed by atoms with Gasteiger partial charge in [0.15, 0.2) is 0 Å². The van der Waals surface area contributed by atoms with E-state index in [1.807, 2.05) is 0 Å². The molecular weight excluding hydrogens is 154 g/mol. The van der Waals surface area contributed by atoms with Gasteiger partial charge in [0, 0.05) is 6.54 Å². The lowest BCUT2D eigenvalue weighted by atomic mass is 9.92. The molecule has 0 rings (SSSR count). The lowest BCUT2D eigenvalue weighted by Crippen LogP contribution is -2.37. The molecule has 0 aromatic rings. The van der Waals surface area contributed by atoms with Gasteiger partial charge >= 0.3 is 0 Å². The smallest absolute Gasteiger partial charge is 0.212 e. The van der Waals surface area contributed by atoms with Crippen LogP contribution < -0.4 is 5.73 Å². The number of nitrogens with zero attached hydrogens (tertiary/aromatic N) is 1. The van der Waals surface area contributed by atoms with Crippen LogP contribution in [0.1, 0.15) is 27.2 Å². The van der Waals surface area contributed by atoms with E-state index in [2.05, 4.69) is 20.8 Å². The molecule has 0 amide bonds. The Bertz CT molecular complexity index is 151. The van der Waals surface area contributed by atoms with Crippen LogP contribution in [0.25, 0.3) is 0 Å². The van der Waals surface area contributed by atoms with E-state index < -0.39 is 0 Å². The van der Waals surface area contributed by atoms with Crippen LogP contribution in [-0.2, 0) is 4.84 Å². The van der Waals surface area contributed by atoms with Crippen LogP contribution >= 0.6 is 0 Å². The van der Waals surface area contributed by atoms with Crippen molar-refractivity contribution in [3.63, 3.8) is 0 Å². The van der Waals surface area contributed by atoms with Gasteiger partial charge in [-0.1, -0.05) is 20.8 Å². The van der Waals surface area contributed by atoms with Crippen LogP contribution in [0, 0.1) is 10.8 Å². The molecule has 12 heavy (non-hydrogen) atoms. The van der Waals surface area contributed by atoms with Crippen LogP contribution in [0.2, 0.25) is 0 Å². The third-order valence-electron chi connectivity index (χ3n) is 1.55. The number of hydrogen-bond acceptors (Lipinski definition) is 2. The topological polar surface area (TPSA) is 62.3 Å². The van der Waals surface area contributed by atoms with E-state index in [0.717, 1.165) is 6.42 Å². The molecule has 0 fully saturated rings. The first-order valence-electron chi connectivity index (χ1n) is 4.02. The SMILES string of the molecule is CON(CCC(C)(C)C)C(=N)N. The van der Waals surface area contributed by atoms with Crippen LogP contribution in [0.4, 0.5) is 0 Å². The summed E-state index contributed by atoms with van der Waals surface area (Å²) in [5.74, 6) is -0.0400. The number of hydrogen-bond donors (Lipinski definition) is 2. The monoisotopic (exact) mass is 173 g/mol. The first-order chi connectivity index (χ1) is 5.37. The summed E-state index contributed by atoms with van der Waals surface area (Å²) in [5, 5.41) is 8.52. The highest BCUT2D eigenvalue weighted by atomic mass is 16.7. The Balaban J connectivity index is 3.81. The summed E-state index contributed by atoms with van der Waals surface area (Å²) >= 11 is 0. The number of guanidine groups is 1. The molecule has 0 saturated heterocycles. The van der Waals surface area contributed by atoms with Crippen molar-refractivity contribution >= 4 is 5.96 Å². The molecule has 72 valence electrons. The minimum absolute atomic E-state index is 0.0400. The minimum atomic E-state index is -0.0400. The maximum Gasteiger partial charge on any atom is 0.212 e. The van der Waals surface area contributed by atoms with E-state index in [0.29, 0.717) is 6.54 Å². The Labute approximate surface area is 74.1 Å². The van der Waals surface area contributed by atoms with Crippen LogP contribution in [-0.4, -0.2) is 24.7 Å². The second-order valence-electron chi connectivity index (χ2n) is 3.98. The predicted octanol–water partition coefficient (Wildman–Crippen LogP) is 1.18. The first kappa shape index (κ1) is 11.2. The van der Waals surface area contributed by atoms with Gasteiger partial charge in [0.2, 0.25) is 5.96 Å². The lowest BCUT2D eigenvalue weighted by Gasteiger charge is -2.24. The molecule has 0 aromatic carbocycles. The van der Waals surface area contributed by atoms with Gasteiger partial charge in [0.05, 0.1) is 7.11 Å². The van der Waals surface area contributed by atoms with Gasteiger partial charge in [0.25, 0.3) is 0 Å². The summed E-state index contributed by atoms with van der Waals surface area (Å²) in [6.45, 7) is 7.08. The average molecular weight is 173 g/mol. The molecule has 0 aliphatic heterocycles. The molecule has 3 N–H and O–H groups in total. The summed E-state index contributed by atoms with van der Waals surface area (Å²) in [7, 11) is 1.52. The van der Waals surface area contributed by atoms with E-state index in [1.165, 1.54) is 12.2 Å². The maximum absolute atomic E-state index is 7.14. The molecule has 4 heteroatoms. The molecule has 0 spiro atoms. The molecule has 4 nitrogen and oxygen atoms in total. The van der Waals surface area contributed by atoms with Crippen molar-refractivity contribution in [2.45, 2.75) is 27.2 Å². The minimum Gasteiger partial charge on any atom is -0.368 e. The number of nitrogens with one attached hydrogen (secondary N) is 1. The molecule has 0 heterocycles. The lowest BCUT2D eigenvalue weighted by molar-refractivity contribution is -0.0718. The molecule has 0 aliphatic carbocycles. The van der Waals surface area contributed by atoms with Crippen LogP contribution in [0.3, 0.4) is 0 Å². The zero-order valence-electron chi connectivity index (χ0n) is 8.35. The van der Waals surface area contributed by atoms with E-state index in [1.54, 1.807) is 0 Å². The molecule has 0 unspecified atom stereocenters. The Hall–Kier alpha value is -0.770. The highest BCUT2D eigenvalue weighted by Crippen LogP contribution is 2.18. The fraction of sp³-hybridized carbons (Fsp3) is 0.875. The van der Waals surface area contributed by atoms with Gasteiger partial charge in [-0.2, -0.15) is 0 Å². The highest BCUT2D eigenvalue weighted by molar-refractivity contribution is 5.73. The molecule has 0 radical (unpaired) electrons. The zero-order chi connectivity index (χ0) is 9.78. The predicted molar refractivity (Wildman–Crippen MR) is 49.7 cm³/mol. The fourth-order valence-electron chi connectivity index (χ4n) is 0.747. The largest absolute Gasteiger partial charge is 0.368 e. The van der Waals surface area contributed by atoms with Crippen molar-refractivity contribution in [3.8, 4) is 0 Å². The van der Waals surface area contributed by atoms with Gasteiger partial charge in [-0.15, -0.1) is 0 Å². The van der Waals surface area contributed by atoms with Crippen LogP contribution in [0.15, 0.2) is 0 Å². The molecule has 0 bridgehead atoms. The van der Waals surface area contributed by atoms with Gasteiger partial charge < -0.3 is 5.73 Å². The average Bonchev–Trinajstić information content (AvgIpc) is 1.85. The van der Waals surface area contributed by atoms with Crippen molar-refractivity contribution in [2.75, 3.05) is 13.7 Å². The summed E-state index contributed by atoms with van der Waals surface area (Å²) in [5.41, 5.74) is 5.50. The van der Waals surface area contributed by atoms with Crippen molar-refractivity contribution in [1.29, 1.82) is 5.41 Å². The van der Waals surface area contributed by atoms with Crippen molar-refractivity contribution in [2.24, 2.45) is 11.1 Å². The Morgan fingerprint density at radius 2 is 2.00 bits per heavy atom. The zero-order valence-corrected chi connectivity index (χ0v) is 8.35. The Kier molecular flexibility index (Phi) is 4.03. The molecule has 0 atom stereocenters. The fourth-order valence-corrected chi connectivity index (χ4v) is 0.747. The quantitative estimate of drug-likeness (QED) is 0.382. The van der Waals surface area contributed by atoms with E-state index >= 15 is 0 Å². The number of rotatable bonds is 3. The second-order valence-corrected chi connectivity index (χ2v) is 3.98. The normalized spacial score (nSPS) is 11.3. The van der Waals surface area contributed by atoms with Gasteiger partial charge in [-0.05, 0) is 11.8 Å². The van der Waals surface area contributed by atoms with Gasteiger partial charge in [-0.3, -0.25) is 10.2 Å². The third-order valence-corrected chi connectivity index (χ3v) is 1.55. The van der Waals surface area contributed by atoms with E-state index in [-0.39, 0.29) is 11.4 Å². The molecule has 0 saturated carbocycles. The van der Waals surface area contributed by atoms with Crippen molar-refractivity contribution in [1.82, 2.24) is 5.06 Å². The van der Waals surface area contributed by atoms with Gasteiger partial charge in [-0.25, -0.2) is 5.06 Å². The molecule has 0 aromatic heterocycles. The van der Waals surface area contributed by atoms with Crippen LogP contribution in [0.5, 0.6) is 0 Å². The number of nitrogens with two attached hydrogens (primary N) is 1. The Morgan fingerprint density at radius 1 is 1.50 bits per heavy atom. The number of hydroxylamine groups is 2. The second kappa shape index (κ2) is 4.30. The molecular formula is C8H19N3O. The first-order valence-corrected chi connectivity index (χ1v) is 4.02. The van der Waals surface area contributed by atoms with E-state index in [9.17, 15) is 0 Å². The molecule has 0 aliphatic rings. The maximum atomic E-state index is 7.14. The standard InChI is InChI=1S/C8H19N3O/c1-8(2,3)5-6-11(12-4)7(9)10/h5-6H2,1-4H3,(H3,9,10). The van der Waals surface area contributed by atoms with Crippen molar-refractivity contribution in [3.05, 3.63) is 0 Å². The van der Waals surface area contributed by atoms with Crippen molar-refractivity contribution < 1.29 is 4.84 Å².